The Bertz CT molecular complexity index is 1190. The summed E-state index contributed by atoms with van der Waals surface area (Å²) in [6, 6.07) is 9.16. The summed E-state index contributed by atoms with van der Waals surface area (Å²) < 4.78 is 47.2. The van der Waals surface area contributed by atoms with Crippen molar-refractivity contribution in [1.29, 1.82) is 0 Å². The number of imide groups is 1. The van der Waals surface area contributed by atoms with E-state index < -0.39 is 39.8 Å². The van der Waals surface area contributed by atoms with Crippen molar-refractivity contribution in [3.05, 3.63) is 54.3 Å². The topological polar surface area (TPSA) is 113 Å². The number of halogens is 1. The number of amides is 3. The Morgan fingerprint density at radius 1 is 1.15 bits per heavy atom. The lowest BCUT2D eigenvalue weighted by Gasteiger charge is -2.29. The van der Waals surface area contributed by atoms with Gasteiger partial charge in [-0.25, -0.2) is 17.7 Å². The Hall–Kier alpha value is -3.15. The summed E-state index contributed by atoms with van der Waals surface area (Å²) in [5.41, 5.74) is 0.597. The van der Waals surface area contributed by atoms with E-state index in [1.165, 1.54) is 43.3 Å². The highest BCUT2D eigenvalue weighted by Crippen LogP contribution is 2.31. The molecule has 2 saturated heterocycles. The van der Waals surface area contributed by atoms with Crippen molar-refractivity contribution in [3.63, 3.8) is 0 Å². The Labute approximate surface area is 196 Å². The van der Waals surface area contributed by atoms with Crippen LogP contribution in [0.25, 0.3) is 0 Å². The second-order valence-electron chi connectivity index (χ2n) is 8.18. The molecule has 3 amide bonds. The van der Waals surface area contributed by atoms with Crippen molar-refractivity contribution >= 4 is 39.1 Å². The smallest absolute Gasteiger partial charge is 0.252 e. The Morgan fingerprint density at radius 2 is 1.82 bits per heavy atom. The lowest BCUT2D eigenvalue weighted by Crippen LogP contribution is -2.48. The van der Waals surface area contributed by atoms with Crippen molar-refractivity contribution in [2.75, 3.05) is 23.4 Å². The van der Waals surface area contributed by atoms with E-state index in [0.717, 1.165) is 27.8 Å². The molecule has 1 N–H and O–H groups in total. The molecular weight excluding hydrogens is 465 g/mol. The lowest BCUT2D eigenvalue weighted by atomic mass is 10.2. The van der Waals surface area contributed by atoms with Crippen LogP contribution in [-0.4, -0.2) is 55.7 Å². The highest BCUT2D eigenvalue weighted by molar-refractivity contribution is 7.89. The molecule has 0 radical (unpaired) electrons. The summed E-state index contributed by atoms with van der Waals surface area (Å²) >= 11 is 0. The summed E-state index contributed by atoms with van der Waals surface area (Å²) in [4.78, 5) is 38.1. The second-order valence-corrected chi connectivity index (χ2v) is 10.1. The number of benzene rings is 2. The second kappa shape index (κ2) is 9.61. The van der Waals surface area contributed by atoms with Gasteiger partial charge in [-0.05, 0) is 61.4 Å². The van der Waals surface area contributed by atoms with Gasteiger partial charge in [-0.15, -0.1) is 0 Å². The van der Waals surface area contributed by atoms with Gasteiger partial charge in [0, 0.05) is 25.8 Å². The molecule has 2 unspecified atom stereocenters. The molecule has 2 atom stereocenters. The van der Waals surface area contributed by atoms with Crippen molar-refractivity contribution < 1.29 is 31.9 Å². The van der Waals surface area contributed by atoms with Gasteiger partial charge in [0.05, 0.1) is 23.1 Å². The van der Waals surface area contributed by atoms with Crippen LogP contribution >= 0.6 is 0 Å². The maximum Gasteiger partial charge on any atom is 0.252 e. The zero-order valence-electron chi connectivity index (χ0n) is 18.4. The third kappa shape index (κ3) is 4.86. The number of nitrogens with zero attached hydrogens (tertiary/aromatic N) is 2. The first-order valence-electron chi connectivity index (χ1n) is 10.8. The molecule has 11 heteroatoms. The van der Waals surface area contributed by atoms with Gasteiger partial charge in [-0.2, -0.15) is 4.31 Å². The van der Waals surface area contributed by atoms with Crippen LogP contribution < -0.4 is 10.2 Å². The summed E-state index contributed by atoms with van der Waals surface area (Å²) in [6.45, 7) is 1.74. The van der Waals surface area contributed by atoms with E-state index in [9.17, 15) is 27.2 Å². The molecule has 2 heterocycles. The molecule has 0 spiro atoms. The highest BCUT2D eigenvalue weighted by atomic mass is 32.2. The molecule has 2 aliphatic rings. The van der Waals surface area contributed by atoms with Crippen molar-refractivity contribution in [3.8, 4) is 0 Å². The third-order valence-electron chi connectivity index (χ3n) is 5.74. The number of carbonyl (C=O) groups is 3. The van der Waals surface area contributed by atoms with Gasteiger partial charge in [-0.1, -0.05) is 0 Å². The molecule has 9 nitrogen and oxygen atoms in total. The van der Waals surface area contributed by atoms with Gasteiger partial charge in [0.15, 0.2) is 0 Å². The first-order chi connectivity index (χ1) is 16.2. The van der Waals surface area contributed by atoms with Gasteiger partial charge in [0.1, 0.15) is 11.9 Å². The van der Waals surface area contributed by atoms with E-state index in [2.05, 4.69) is 5.32 Å². The van der Waals surface area contributed by atoms with Crippen LogP contribution in [0.1, 0.15) is 26.2 Å². The molecule has 180 valence electrons. The fourth-order valence-corrected chi connectivity index (χ4v) is 5.75. The van der Waals surface area contributed by atoms with Crippen LogP contribution in [0.3, 0.4) is 0 Å². The minimum atomic E-state index is -4.20. The van der Waals surface area contributed by atoms with E-state index in [4.69, 9.17) is 4.74 Å². The average Bonchev–Trinajstić information content (AvgIpc) is 3.40. The van der Waals surface area contributed by atoms with Gasteiger partial charge >= 0.3 is 0 Å². The van der Waals surface area contributed by atoms with Crippen LogP contribution in [0.15, 0.2) is 53.4 Å². The standard InChI is InChI=1S/C23H24FN3O6S/c1-15(28)25-17-6-10-20(11-7-17)34(31,32)26(14-19-3-2-12-33-19)21-13-22(29)27(23(21)30)18-8-4-16(24)5-9-18/h4-11,19,21H,2-3,12-14H2,1H3,(H,25,28). The first kappa shape index (κ1) is 24.0. The number of nitrogens with one attached hydrogen (secondary N) is 1. The number of sulfonamides is 1. The summed E-state index contributed by atoms with van der Waals surface area (Å²) in [5, 5.41) is 2.57. The monoisotopic (exact) mass is 489 g/mol. The number of carbonyl (C=O) groups excluding carboxylic acids is 3. The van der Waals surface area contributed by atoms with Gasteiger partial charge in [0.2, 0.25) is 21.8 Å². The van der Waals surface area contributed by atoms with E-state index >= 15 is 0 Å². The zero-order valence-corrected chi connectivity index (χ0v) is 19.3. The van der Waals surface area contributed by atoms with E-state index in [0.29, 0.717) is 18.7 Å². The van der Waals surface area contributed by atoms with Crippen molar-refractivity contribution in [1.82, 2.24) is 4.31 Å². The van der Waals surface area contributed by atoms with Crippen LogP contribution in [-0.2, 0) is 29.1 Å². The maximum atomic E-state index is 13.6. The predicted octanol–water partition coefficient (Wildman–Crippen LogP) is 2.29. The van der Waals surface area contributed by atoms with Gasteiger partial charge in [-0.3, -0.25) is 14.4 Å². The molecule has 0 aliphatic carbocycles. The largest absolute Gasteiger partial charge is 0.377 e. The average molecular weight is 490 g/mol. The van der Waals surface area contributed by atoms with Crippen LogP contribution in [0.5, 0.6) is 0 Å². The Morgan fingerprint density at radius 3 is 2.41 bits per heavy atom. The van der Waals surface area contributed by atoms with Crippen LogP contribution in [0.4, 0.5) is 15.8 Å². The van der Waals surface area contributed by atoms with Gasteiger partial charge in [0.25, 0.3) is 5.91 Å². The normalized spacial score (nSPS) is 20.9. The van der Waals surface area contributed by atoms with Gasteiger partial charge < -0.3 is 10.1 Å². The third-order valence-corrected chi connectivity index (χ3v) is 7.63. The zero-order chi connectivity index (χ0) is 24.5. The summed E-state index contributed by atoms with van der Waals surface area (Å²) in [6.07, 6.45) is 0.649. The molecule has 2 fully saturated rings. The molecule has 4 rings (SSSR count). The molecule has 34 heavy (non-hydrogen) atoms. The summed E-state index contributed by atoms with van der Waals surface area (Å²) in [5.74, 6) is -2.10. The van der Waals surface area contributed by atoms with E-state index in [1.807, 2.05) is 0 Å². The molecule has 0 bridgehead atoms. The predicted molar refractivity (Wildman–Crippen MR) is 121 cm³/mol. The quantitative estimate of drug-likeness (QED) is 0.597. The minimum absolute atomic E-state index is 0.0833. The Balaban J connectivity index is 1.67. The number of hydrogen-bond donors (Lipinski definition) is 1. The number of anilines is 2. The minimum Gasteiger partial charge on any atom is -0.377 e. The van der Waals surface area contributed by atoms with E-state index in [-0.39, 0.29) is 29.5 Å². The van der Waals surface area contributed by atoms with Crippen molar-refractivity contribution in [2.24, 2.45) is 0 Å². The molecule has 2 aliphatic heterocycles. The molecular formula is C23H24FN3O6S. The molecule has 0 saturated carbocycles. The molecule has 0 aromatic heterocycles. The fourth-order valence-electron chi connectivity index (χ4n) is 4.13. The summed E-state index contributed by atoms with van der Waals surface area (Å²) in [7, 11) is -4.20. The van der Waals surface area contributed by atoms with E-state index in [1.54, 1.807) is 0 Å². The SMILES string of the molecule is CC(=O)Nc1ccc(S(=O)(=O)N(CC2CCCO2)C2CC(=O)N(c3ccc(F)cc3)C2=O)cc1. The lowest BCUT2D eigenvalue weighted by molar-refractivity contribution is -0.122. The number of hydrogen-bond acceptors (Lipinski definition) is 6. The van der Waals surface area contributed by atoms with Crippen molar-refractivity contribution in [2.45, 2.75) is 43.2 Å². The molecule has 2 aromatic rings. The van der Waals surface area contributed by atoms with Crippen LogP contribution in [0.2, 0.25) is 0 Å². The highest BCUT2D eigenvalue weighted by Gasteiger charge is 2.47. The van der Waals surface area contributed by atoms with Crippen LogP contribution in [0, 0.1) is 5.82 Å². The number of rotatable bonds is 7. The number of ether oxygens (including phenoxy) is 1. The Kier molecular flexibility index (Phi) is 6.78. The molecule has 2 aromatic carbocycles. The maximum absolute atomic E-state index is 13.6. The fraction of sp³-hybridized carbons (Fsp3) is 0.348. The first-order valence-corrected chi connectivity index (χ1v) is 12.2.